The fourth-order valence-electron chi connectivity index (χ4n) is 1.70. The molecule has 0 unspecified atom stereocenters. The summed E-state index contributed by atoms with van der Waals surface area (Å²) in [6, 6.07) is 10.0. The highest BCUT2D eigenvalue weighted by Gasteiger charge is 2.07. The van der Waals surface area contributed by atoms with Crippen molar-refractivity contribution in [3.63, 3.8) is 0 Å². The molecule has 18 heavy (non-hydrogen) atoms. The Labute approximate surface area is 111 Å². The molecule has 1 N–H and O–H groups in total. The van der Waals surface area contributed by atoms with Gasteiger partial charge in [-0.2, -0.15) is 5.26 Å². The first kappa shape index (κ1) is 12.5. The number of nitrogens with zero attached hydrogens (tertiary/aromatic N) is 2. The highest BCUT2D eigenvalue weighted by atomic mass is 32.2. The largest absolute Gasteiger partial charge is 0.353 e. The standard InChI is InChI=1S/C14H13N3S/c1-10-6-11(9-16-8-10)17-13-4-3-5-14(18-2)12(13)7-15/h3-6,8-9,17H,1-2H3. The number of benzene rings is 1. The minimum absolute atomic E-state index is 0.673. The number of rotatable bonds is 3. The van der Waals surface area contributed by atoms with Gasteiger partial charge in [0.05, 0.1) is 23.1 Å². The third-order valence-corrected chi connectivity index (χ3v) is 3.29. The lowest BCUT2D eigenvalue weighted by molar-refractivity contribution is 1.26. The molecule has 0 aliphatic rings. The summed E-state index contributed by atoms with van der Waals surface area (Å²) in [5, 5.41) is 12.5. The van der Waals surface area contributed by atoms with Crippen molar-refractivity contribution in [1.82, 2.24) is 4.98 Å². The Hall–Kier alpha value is -1.99. The second kappa shape index (κ2) is 5.56. The van der Waals surface area contributed by atoms with Gasteiger partial charge in [0.15, 0.2) is 0 Å². The van der Waals surface area contributed by atoms with Crippen molar-refractivity contribution in [3.8, 4) is 6.07 Å². The van der Waals surface area contributed by atoms with E-state index in [0.29, 0.717) is 5.56 Å². The molecule has 1 aromatic heterocycles. The van der Waals surface area contributed by atoms with Gasteiger partial charge in [-0.15, -0.1) is 11.8 Å². The summed E-state index contributed by atoms with van der Waals surface area (Å²) in [4.78, 5) is 5.10. The maximum absolute atomic E-state index is 9.24. The normalized spacial score (nSPS) is 9.83. The topological polar surface area (TPSA) is 48.7 Å². The Kier molecular flexibility index (Phi) is 3.85. The second-order valence-corrected chi connectivity index (χ2v) is 4.72. The molecule has 4 heteroatoms. The number of thioether (sulfide) groups is 1. The van der Waals surface area contributed by atoms with Crippen LogP contribution in [0.5, 0.6) is 0 Å². The molecule has 90 valence electrons. The van der Waals surface area contributed by atoms with Gasteiger partial charge >= 0.3 is 0 Å². The number of nitriles is 1. The van der Waals surface area contributed by atoms with Gasteiger partial charge in [0.1, 0.15) is 6.07 Å². The lowest BCUT2D eigenvalue weighted by Gasteiger charge is -2.10. The Morgan fingerprint density at radius 2 is 2.17 bits per heavy atom. The van der Waals surface area contributed by atoms with Crippen LogP contribution >= 0.6 is 11.8 Å². The maximum Gasteiger partial charge on any atom is 0.103 e. The third-order valence-electron chi connectivity index (χ3n) is 2.51. The van der Waals surface area contributed by atoms with Gasteiger partial charge in [0, 0.05) is 11.1 Å². The first-order valence-electron chi connectivity index (χ1n) is 5.50. The van der Waals surface area contributed by atoms with Gasteiger partial charge in [-0.25, -0.2) is 0 Å². The van der Waals surface area contributed by atoms with Gasteiger partial charge in [0.25, 0.3) is 0 Å². The average molecular weight is 255 g/mol. The van der Waals surface area contributed by atoms with Crippen LogP contribution in [-0.2, 0) is 0 Å². The molecule has 2 rings (SSSR count). The number of anilines is 2. The minimum Gasteiger partial charge on any atom is -0.353 e. The van der Waals surface area contributed by atoms with Gasteiger partial charge < -0.3 is 5.32 Å². The van der Waals surface area contributed by atoms with E-state index < -0.39 is 0 Å². The number of aryl methyl sites for hydroxylation is 1. The van der Waals surface area contributed by atoms with Crippen molar-refractivity contribution < 1.29 is 0 Å². The molecule has 0 saturated carbocycles. The summed E-state index contributed by atoms with van der Waals surface area (Å²) in [7, 11) is 0. The molecule has 0 saturated heterocycles. The molecule has 0 fully saturated rings. The summed E-state index contributed by atoms with van der Waals surface area (Å²) in [6.45, 7) is 1.99. The van der Waals surface area contributed by atoms with E-state index in [1.54, 1.807) is 24.2 Å². The predicted octanol–water partition coefficient (Wildman–Crippen LogP) is 3.73. The van der Waals surface area contributed by atoms with Crippen molar-refractivity contribution in [2.45, 2.75) is 11.8 Å². The Morgan fingerprint density at radius 1 is 1.33 bits per heavy atom. The molecule has 0 amide bonds. The monoisotopic (exact) mass is 255 g/mol. The Balaban J connectivity index is 2.38. The van der Waals surface area contributed by atoms with E-state index in [0.717, 1.165) is 21.8 Å². The Bertz CT molecular complexity index is 602. The first-order chi connectivity index (χ1) is 8.74. The van der Waals surface area contributed by atoms with Crippen LogP contribution in [0.25, 0.3) is 0 Å². The minimum atomic E-state index is 0.673. The number of hydrogen-bond donors (Lipinski definition) is 1. The molecule has 0 aliphatic heterocycles. The summed E-state index contributed by atoms with van der Waals surface area (Å²) >= 11 is 1.57. The van der Waals surface area contributed by atoms with Crippen molar-refractivity contribution in [2.24, 2.45) is 0 Å². The number of hydrogen-bond acceptors (Lipinski definition) is 4. The van der Waals surface area contributed by atoms with Crippen LogP contribution in [0.15, 0.2) is 41.6 Å². The molecule has 0 aliphatic carbocycles. The summed E-state index contributed by atoms with van der Waals surface area (Å²) < 4.78 is 0. The molecule has 1 aromatic carbocycles. The van der Waals surface area contributed by atoms with E-state index in [-0.39, 0.29) is 0 Å². The van der Waals surface area contributed by atoms with E-state index in [4.69, 9.17) is 0 Å². The van der Waals surface area contributed by atoms with Gasteiger partial charge in [-0.3, -0.25) is 4.98 Å². The molecular formula is C14H13N3S. The molecule has 0 radical (unpaired) electrons. The highest BCUT2D eigenvalue weighted by molar-refractivity contribution is 7.98. The summed E-state index contributed by atoms with van der Waals surface area (Å²) in [5.41, 5.74) is 3.47. The zero-order valence-electron chi connectivity index (χ0n) is 10.3. The molecule has 0 spiro atoms. The van der Waals surface area contributed by atoms with Gasteiger partial charge in [-0.05, 0) is 36.9 Å². The van der Waals surface area contributed by atoms with Gasteiger partial charge in [0.2, 0.25) is 0 Å². The quantitative estimate of drug-likeness (QED) is 0.849. The van der Waals surface area contributed by atoms with Crippen LogP contribution in [0.4, 0.5) is 11.4 Å². The molecular weight excluding hydrogens is 242 g/mol. The molecule has 0 bridgehead atoms. The molecule has 0 atom stereocenters. The van der Waals surface area contributed by atoms with Gasteiger partial charge in [-0.1, -0.05) is 6.07 Å². The van der Waals surface area contributed by atoms with E-state index in [9.17, 15) is 5.26 Å². The summed E-state index contributed by atoms with van der Waals surface area (Å²) in [6.07, 6.45) is 5.52. The molecule has 1 heterocycles. The van der Waals surface area contributed by atoms with Crippen LogP contribution < -0.4 is 5.32 Å². The smallest absolute Gasteiger partial charge is 0.103 e. The SMILES string of the molecule is CSc1cccc(Nc2cncc(C)c2)c1C#N. The number of pyridine rings is 1. The van der Waals surface area contributed by atoms with Crippen LogP contribution in [0, 0.1) is 18.3 Å². The van der Waals surface area contributed by atoms with Crippen molar-refractivity contribution in [2.75, 3.05) is 11.6 Å². The van der Waals surface area contributed by atoms with E-state index in [1.165, 1.54) is 0 Å². The number of nitrogens with one attached hydrogen (secondary N) is 1. The van der Waals surface area contributed by atoms with E-state index >= 15 is 0 Å². The van der Waals surface area contributed by atoms with E-state index in [1.807, 2.05) is 37.4 Å². The number of aromatic nitrogens is 1. The zero-order valence-corrected chi connectivity index (χ0v) is 11.1. The van der Waals surface area contributed by atoms with Crippen LogP contribution in [0.3, 0.4) is 0 Å². The zero-order chi connectivity index (χ0) is 13.0. The summed E-state index contributed by atoms with van der Waals surface area (Å²) in [5.74, 6) is 0. The lowest BCUT2D eigenvalue weighted by Crippen LogP contribution is -1.96. The Morgan fingerprint density at radius 3 is 2.83 bits per heavy atom. The first-order valence-corrected chi connectivity index (χ1v) is 6.73. The van der Waals surface area contributed by atoms with E-state index in [2.05, 4.69) is 16.4 Å². The third kappa shape index (κ3) is 2.63. The van der Waals surface area contributed by atoms with Crippen molar-refractivity contribution in [3.05, 3.63) is 47.8 Å². The molecule has 3 nitrogen and oxygen atoms in total. The average Bonchev–Trinajstić information content (AvgIpc) is 2.38. The lowest BCUT2D eigenvalue weighted by atomic mass is 10.2. The fourth-order valence-corrected chi connectivity index (χ4v) is 2.27. The van der Waals surface area contributed by atoms with Crippen molar-refractivity contribution in [1.29, 1.82) is 5.26 Å². The highest BCUT2D eigenvalue weighted by Crippen LogP contribution is 2.28. The van der Waals surface area contributed by atoms with Crippen LogP contribution in [0.1, 0.15) is 11.1 Å². The van der Waals surface area contributed by atoms with Crippen LogP contribution in [0.2, 0.25) is 0 Å². The second-order valence-electron chi connectivity index (χ2n) is 3.87. The van der Waals surface area contributed by atoms with Crippen molar-refractivity contribution >= 4 is 23.1 Å². The van der Waals surface area contributed by atoms with Crippen LogP contribution in [-0.4, -0.2) is 11.2 Å². The molecule has 2 aromatic rings. The predicted molar refractivity (Wildman–Crippen MR) is 75.2 cm³/mol. The fraction of sp³-hybridized carbons (Fsp3) is 0.143. The maximum atomic E-state index is 9.24.